The molecule has 0 N–H and O–H groups in total. The van der Waals surface area contributed by atoms with Gasteiger partial charge in [0.2, 0.25) is 11.8 Å². The van der Waals surface area contributed by atoms with Gasteiger partial charge in [-0.05, 0) is 77.5 Å². The number of fused-ring (bicyclic) bond motifs is 1. The molecule has 2 amide bonds. The van der Waals surface area contributed by atoms with Crippen molar-refractivity contribution in [2.24, 2.45) is 5.92 Å². The number of aryl methyl sites for hydroxylation is 2. The van der Waals surface area contributed by atoms with Crippen molar-refractivity contribution in [2.45, 2.75) is 32.6 Å². The van der Waals surface area contributed by atoms with E-state index in [-0.39, 0.29) is 24.2 Å². The fourth-order valence-corrected chi connectivity index (χ4v) is 4.26. The minimum Gasteiger partial charge on any atom is -0.312 e. The Morgan fingerprint density at radius 2 is 2.07 bits per heavy atom. The first-order valence-electron chi connectivity index (χ1n) is 9.42. The predicted octanol–water partition coefficient (Wildman–Crippen LogP) is 3.74. The van der Waals surface area contributed by atoms with Crippen LogP contribution in [0, 0.1) is 5.92 Å². The van der Waals surface area contributed by atoms with Gasteiger partial charge in [-0.3, -0.25) is 14.5 Å². The molecular formula is C21H22BrN3O2. The van der Waals surface area contributed by atoms with Crippen molar-refractivity contribution in [2.75, 3.05) is 22.9 Å². The Morgan fingerprint density at radius 3 is 2.81 bits per heavy atom. The van der Waals surface area contributed by atoms with Crippen LogP contribution in [0.15, 0.2) is 41.0 Å². The molecule has 2 heterocycles. The van der Waals surface area contributed by atoms with Crippen LogP contribution in [0.4, 0.5) is 11.5 Å². The molecule has 1 saturated heterocycles. The predicted molar refractivity (Wildman–Crippen MR) is 109 cm³/mol. The number of carbonyl (C=O) groups is 2. The molecule has 1 fully saturated rings. The van der Waals surface area contributed by atoms with Crippen molar-refractivity contribution in [1.82, 2.24) is 4.98 Å². The highest BCUT2D eigenvalue weighted by molar-refractivity contribution is 9.10. The SMILES string of the molecule is CCN(C(=O)C1CC(=O)N(c2ccc3c(c2)CCC3)C1)c1ccc(Br)cn1. The number of benzene rings is 1. The van der Waals surface area contributed by atoms with E-state index in [2.05, 4.69) is 33.0 Å². The first-order valence-corrected chi connectivity index (χ1v) is 10.2. The smallest absolute Gasteiger partial charge is 0.233 e. The van der Waals surface area contributed by atoms with Gasteiger partial charge in [0.05, 0.1) is 5.92 Å². The normalized spacial score (nSPS) is 18.7. The van der Waals surface area contributed by atoms with Gasteiger partial charge in [-0.15, -0.1) is 0 Å². The number of hydrogen-bond acceptors (Lipinski definition) is 3. The Hall–Kier alpha value is -2.21. The molecule has 0 radical (unpaired) electrons. The van der Waals surface area contributed by atoms with Crippen molar-refractivity contribution in [3.63, 3.8) is 0 Å². The van der Waals surface area contributed by atoms with Crippen LogP contribution in [0.25, 0.3) is 0 Å². The molecule has 0 spiro atoms. The van der Waals surface area contributed by atoms with Gasteiger partial charge >= 0.3 is 0 Å². The van der Waals surface area contributed by atoms with Crippen LogP contribution in [0.5, 0.6) is 0 Å². The summed E-state index contributed by atoms with van der Waals surface area (Å²) in [6.07, 6.45) is 5.31. The second-order valence-corrected chi connectivity index (χ2v) is 8.04. The Balaban J connectivity index is 1.52. The van der Waals surface area contributed by atoms with Gasteiger partial charge in [-0.1, -0.05) is 6.07 Å². The van der Waals surface area contributed by atoms with E-state index in [9.17, 15) is 9.59 Å². The molecule has 5 nitrogen and oxygen atoms in total. The average Bonchev–Trinajstić information content (AvgIpc) is 3.29. The van der Waals surface area contributed by atoms with Crippen LogP contribution in [0.3, 0.4) is 0 Å². The summed E-state index contributed by atoms with van der Waals surface area (Å²) >= 11 is 3.37. The molecule has 2 aromatic rings. The van der Waals surface area contributed by atoms with E-state index in [1.54, 1.807) is 16.0 Å². The lowest BCUT2D eigenvalue weighted by molar-refractivity contribution is -0.124. The molecule has 0 bridgehead atoms. The average molecular weight is 428 g/mol. The highest BCUT2D eigenvalue weighted by Gasteiger charge is 2.37. The molecule has 27 heavy (non-hydrogen) atoms. The number of pyridine rings is 1. The van der Waals surface area contributed by atoms with Crippen LogP contribution in [-0.2, 0) is 22.4 Å². The number of aromatic nitrogens is 1. The lowest BCUT2D eigenvalue weighted by Crippen LogP contribution is -2.38. The molecule has 1 aliphatic heterocycles. The molecule has 1 atom stereocenters. The van der Waals surface area contributed by atoms with E-state index in [0.29, 0.717) is 18.9 Å². The Kier molecular flexibility index (Phi) is 5.00. The van der Waals surface area contributed by atoms with Crippen LogP contribution in [0.2, 0.25) is 0 Å². The molecule has 1 aliphatic carbocycles. The number of carbonyl (C=O) groups excluding carboxylic acids is 2. The fourth-order valence-electron chi connectivity index (χ4n) is 4.03. The van der Waals surface area contributed by atoms with Gasteiger partial charge in [-0.2, -0.15) is 0 Å². The monoisotopic (exact) mass is 427 g/mol. The van der Waals surface area contributed by atoms with E-state index in [0.717, 1.165) is 23.0 Å². The zero-order valence-corrected chi connectivity index (χ0v) is 16.9. The summed E-state index contributed by atoms with van der Waals surface area (Å²) in [7, 11) is 0. The molecule has 1 aromatic carbocycles. The van der Waals surface area contributed by atoms with Crippen LogP contribution in [0.1, 0.15) is 30.9 Å². The number of hydrogen-bond donors (Lipinski definition) is 0. The quantitative estimate of drug-likeness (QED) is 0.746. The molecule has 0 saturated carbocycles. The molecule has 4 rings (SSSR count). The highest BCUT2D eigenvalue weighted by atomic mass is 79.9. The largest absolute Gasteiger partial charge is 0.312 e. The lowest BCUT2D eigenvalue weighted by atomic mass is 10.1. The number of anilines is 2. The number of nitrogens with zero attached hydrogens (tertiary/aromatic N) is 3. The minimum absolute atomic E-state index is 0.0196. The van der Waals surface area contributed by atoms with E-state index < -0.39 is 0 Å². The topological polar surface area (TPSA) is 53.5 Å². The summed E-state index contributed by atoms with van der Waals surface area (Å²) < 4.78 is 0.869. The van der Waals surface area contributed by atoms with Crippen LogP contribution in [-0.4, -0.2) is 29.9 Å². The maximum Gasteiger partial charge on any atom is 0.233 e. The molecule has 1 aromatic heterocycles. The maximum absolute atomic E-state index is 13.1. The standard InChI is InChI=1S/C21H22BrN3O2/c1-2-24(19-9-7-17(22)12-23-19)21(27)16-11-20(26)25(13-16)18-8-6-14-4-3-5-15(14)10-18/h6-10,12,16H,2-5,11,13H2,1H3. The van der Waals surface area contributed by atoms with E-state index >= 15 is 0 Å². The Bertz CT molecular complexity index is 881. The van der Waals surface area contributed by atoms with E-state index in [1.165, 1.54) is 17.5 Å². The third-order valence-electron chi connectivity index (χ3n) is 5.44. The van der Waals surface area contributed by atoms with Gasteiger partial charge < -0.3 is 4.90 Å². The minimum atomic E-state index is -0.337. The fraction of sp³-hybridized carbons (Fsp3) is 0.381. The summed E-state index contributed by atoms with van der Waals surface area (Å²) in [5, 5.41) is 0. The lowest BCUT2D eigenvalue weighted by Gasteiger charge is -2.23. The van der Waals surface area contributed by atoms with Crippen molar-refractivity contribution in [1.29, 1.82) is 0 Å². The zero-order chi connectivity index (χ0) is 19.0. The van der Waals surface area contributed by atoms with Gasteiger partial charge in [0, 0.05) is 35.9 Å². The molecular weight excluding hydrogens is 406 g/mol. The van der Waals surface area contributed by atoms with Crippen molar-refractivity contribution in [3.8, 4) is 0 Å². The third-order valence-corrected chi connectivity index (χ3v) is 5.91. The van der Waals surface area contributed by atoms with Crippen molar-refractivity contribution >= 4 is 39.2 Å². The first-order chi connectivity index (χ1) is 13.1. The summed E-state index contributed by atoms with van der Waals surface area (Å²) in [5.41, 5.74) is 3.64. The van der Waals surface area contributed by atoms with Crippen LogP contribution < -0.4 is 9.80 Å². The highest BCUT2D eigenvalue weighted by Crippen LogP contribution is 2.31. The number of amides is 2. The Morgan fingerprint density at radius 1 is 1.26 bits per heavy atom. The van der Waals surface area contributed by atoms with Gasteiger partial charge in [-0.25, -0.2) is 4.98 Å². The van der Waals surface area contributed by atoms with Gasteiger partial charge in [0.25, 0.3) is 0 Å². The van der Waals surface area contributed by atoms with E-state index in [1.807, 2.05) is 25.1 Å². The summed E-state index contributed by atoms with van der Waals surface area (Å²) in [4.78, 5) is 33.5. The molecule has 6 heteroatoms. The summed E-state index contributed by atoms with van der Waals surface area (Å²) in [6, 6.07) is 9.96. The second kappa shape index (κ2) is 7.43. The van der Waals surface area contributed by atoms with Gasteiger partial charge in [0.1, 0.15) is 5.82 Å². The maximum atomic E-state index is 13.1. The third kappa shape index (κ3) is 3.50. The van der Waals surface area contributed by atoms with Crippen LogP contribution >= 0.6 is 15.9 Å². The van der Waals surface area contributed by atoms with E-state index in [4.69, 9.17) is 0 Å². The summed E-state index contributed by atoms with van der Waals surface area (Å²) in [6.45, 7) is 2.89. The zero-order valence-electron chi connectivity index (χ0n) is 15.3. The second-order valence-electron chi connectivity index (χ2n) is 7.13. The van der Waals surface area contributed by atoms with Gasteiger partial charge in [0.15, 0.2) is 0 Å². The number of rotatable bonds is 4. The summed E-state index contributed by atoms with van der Waals surface area (Å²) in [5.74, 6) is 0.265. The molecule has 140 valence electrons. The first kappa shape index (κ1) is 18.2. The Labute approximate surface area is 167 Å². The molecule has 1 unspecified atom stereocenters. The number of halogens is 1. The van der Waals surface area contributed by atoms with Crippen molar-refractivity contribution < 1.29 is 9.59 Å². The molecule has 2 aliphatic rings. The van der Waals surface area contributed by atoms with Crippen molar-refractivity contribution in [3.05, 3.63) is 52.1 Å².